The van der Waals surface area contributed by atoms with E-state index in [1.54, 1.807) is 49.5 Å². The van der Waals surface area contributed by atoms with Gasteiger partial charge >= 0.3 is 0 Å². The highest BCUT2D eigenvalue weighted by atomic mass is 16.6. The van der Waals surface area contributed by atoms with E-state index in [-0.39, 0.29) is 17.5 Å². The number of rotatable bonds is 6. The van der Waals surface area contributed by atoms with Crippen LogP contribution >= 0.6 is 0 Å². The number of hydrogen-bond donors (Lipinski definition) is 2. The van der Waals surface area contributed by atoms with Crippen molar-refractivity contribution >= 4 is 28.9 Å². The van der Waals surface area contributed by atoms with E-state index in [0.717, 1.165) is 5.56 Å². The summed E-state index contributed by atoms with van der Waals surface area (Å²) in [6, 6.07) is 15.5. The predicted octanol–water partition coefficient (Wildman–Crippen LogP) is 3.40. The van der Waals surface area contributed by atoms with Gasteiger partial charge in [-0.25, -0.2) is 5.43 Å². The summed E-state index contributed by atoms with van der Waals surface area (Å²) in [6.07, 6.45) is 3.02. The van der Waals surface area contributed by atoms with Crippen molar-refractivity contribution in [2.75, 3.05) is 5.32 Å². The first-order valence-corrected chi connectivity index (χ1v) is 8.85. The molecular formula is C21H17N5O4. The van der Waals surface area contributed by atoms with Crippen LogP contribution in [0.15, 0.2) is 78.2 Å². The van der Waals surface area contributed by atoms with Crippen molar-refractivity contribution in [3.63, 3.8) is 0 Å². The van der Waals surface area contributed by atoms with Gasteiger partial charge in [0.1, 0.15) is 0 Å². The first-order chi connectivity index (χ1) is 14.4. The number of carbonyl (C=O) groups is 2. The highest BCUT2D eigenvalue weighted by Crippen LogP contribution is 2.15. The lowest BCUT2D eigenvalue weighted by Gasteiger charge is -2.07. The van der Waals surface area contributed by atoms with Gasteiger partial charge in [-0.1, -0.05) is 12.1 Å². The number of hydrazone groups is 1. The molecule has 0 saturated carbocycles. The second-order valence-corrected chi connectivity index (χ2v) is 6.22. The molecule has 0 atom stereocenters. The number of benzene rings is 2. The normalized spacial score (nSPS) is 10.9. The van der Waals surface area contributed by atoms with Crippen molar-refractivity contribution in [2.45, 2.75) is 6.92 Å². The molecule has 1 heterocycles. The van der Waals surface area contributed by atoms with Crippen molar-refractivity contribution in [3.05, 3.63) is 99.9 Å². The molecule has 0 bridgehead atoms. The molecule has 2 N–H and O–H groups in total. The number of aromatic nitrogens is 1. The van der Waals surface area contributed by atoms with Crippen LogP contribution in [0.4, 0.5) is 11.4 Å². The van der Waals surface area contributed by atoms with E-state index in [4.69, 9.17) is 0 Å². The van der Waals surface area contributed by atoms with Crippen molar-refractivity contribution in [3.8, 4) is 0 Å². The van der Waals surface area contributed by atoms with Crippen molar-refractivity contribution in [2.24, 2.45) is 5.10 Å². The number of nitrogens with one attached hydrogen (secondary N) is 2. The number of amides is 2. The molecule has 1 aromatic heterocycles. The molecule has 0 unspecified atom stereocenters. The molecule has 0 aliphatic heterocycles. The monoisotopic (exact) mass is 403 g/mol. The second kappa shape index (κ2) is 9.20. The highest BCUT2D eigenvalue weighted by molar-refractivity contribution is 6.05. The third kappa shape index (κ3) is 5.10. The SMILES string of the molecule is CC(=NNC(=O)c1cccnc1)c1ccc(NC(=O)c2ccc([N+](=O)[O-])cc2)cc1. The van der Waals surface area contributed by atoms with Gasteiger partial charge in [0.2, 0.25) is 0 Å². The van der Waals surface area contributed by atoms with E-state index in [1.165, 1.54) is 30.5 Å². The molecule has 30 heavy (non-hydrogen) atoms. The van der Waals surface area contributed by atoms with Crippen molar-refractivity contribution < 1.29 is 14.5 Å². The summed E-state index contributed by atoms with van der Waals surface area (Å²) < 4.78 is 0. The van der Waals surface area contributed by atoms with Gasteiger partial charge in [0.05, 0.1) is 16.2 Å². The van der Waals surface area contributed by atoms with E-state index in [0.29, 0.717) is 22.5 Å². The number of non-ortho nitro benzene ring substituents is 1. The zero-order valence-corrected chi connectivity index (χ0v) is 15.9. The number of nitro groups is 1. The molecular weight excluding hydrogens is 386 g/mol. The van der Waals surface area contributed by atoms with Gasteiger partial charge in [-0.2, -0.15) is 5.10 Å². The fourth-order valence-corrected chi connectivity index (χ4v) is 2.49. The number of nitro benzene ring substituents is 1. The smallest absolute Gasteiger partial charge is 0.272 e. The average molecular weight is 403 g/mol. The minimum Gasteiger partial charge on any atom is -0.322 e. The summed E-state index contributed by atoms with van der Waals surface area (Å²) in [5.41, 5.74) is 4.99. The molecule has 0 radical (unpaired) electrons. The number of pyridine rings is 1. The first kappa shape index (κ1) is 20.3. The number of hydrogen-bond acceptors (Lipinski definition) is 6. The Morgan fingerprint density at radius 3 is 2.20 bits per heavy atom. The van der Waals surface area contributed by atoms with Crippen LogP contribution in [0.3, 0.4) is 0 Å². The van der Waals surface area contributed by atoms with E-state index in [2.05, 4.69) is 20.8 Å². The van der Waals surface area contributed by atoms with Crippen LogP contribution < -0.4 is 10.7 Å². The Labute approximate surface area is 171 Å². The summed E-state index contributed by atoms with van der Waals surface area (Å²) in [5, 5.41) is 17.5. The lowest BCUT2D eigenvalue weighted by molar-refractivity contribution is -0.384. The fourth-order valence-electron chi connectivity index (χ4n) is 2.49. The van der Waals surface area contributed by atoms with Crippen LogP contribution in [0.1, 0.15) is 33.2 Å². The van der Waals surface area contributed by atoms with Crippen molar-refractivity contribution in [1.82, 2.24) is 10.4 Å². The molecule has 150 valence electrons. The molecule has 2 amide bonds. The van der Waals surface area contributed by atoms with Crippen LogP contribution in [0.2, 0.25) is 0 Å². The molecule has 0 fully saturated rings. The Morgan fingerprint density at radius 2 is 1.60 bits per heavy atom. The van der Waals surface area contributed by atoms with Gasteiger partial charge in [0.15, 0.2) is 0 Å². The molecule has 3 aromatic rings. The molecule has 0 aliphatic rings. The van der Waals surface area contributed by atoms with Gasteiger partial charge in [-0.3, -0.25) is 24.7 Å². The lowest BCUT2D eigenvalue weighted by Crippen LogP contribution is -2.19. The zero-order valence-electron chi connectivity index (χ0n) is 15.9. The predicted molar refractivity (Wildman–Crippen MR) is 111 cm³/mol. The van der Waals surface area contributed by atoms with Crippen LogP contribution in [0, 0.1) is 10.1 Å². The van der Waals surface area contributed by atoms with Gasteiger partial charge in [0.25, 0.3) is 17.5 Å². The number of nitrogens with zero attached hydrogens (tertiary/aromatic N) is 3. The molecule has 3 rings (SSSR count). The maximum atomic E-state index is 12.3. The standard InChI is InChI=1S/C21H17N5O4/c1-14(24-25-21(28)17-3-2-12-22-13-17)15-4-8-18(9-5-15)23-20(27)16-6-10-19(11-7-16)26(29)30/h2-13H,1H3,(H,23,27)(H,25,28). The maximum Gasteiger partial charge on any atom is 0.272 e. The van der Waals surface area contributed by atoms with Gasteiger partial charge < -0.3 is 5.32 Å². The maximum absolute atomic E-state index is 12.3. The molecule has 0 spiro atoms. The fraction of sp³-hybridized carbons (Fsp3) is 0.0476. The summed E-state index contributed by atoms with van der Waals surface area (Å²) in [7, 11) is 0. The minimum atomic E-state index is -0.524. The largest absolute Gasteiger partial charge is 0.322 e. The molecule has 9 heteroatoms. The summed E-state index contributed by atoms with van der Waals surface area (Å²) in [5.74, 6) is -0.749. The molecule has 9 nitrogen and oxygen atoms in total. The third-order valence-corrected chi connectivity index (χ3v) is 4.15. The molecule has 0 aliphatic carbocycles. The second-order valence-electron chi connectivity index (χ2n) is 6.22. The van der Waals surface area contributed by atoms with Crippen LogP contribution in [-0.2, 0) is 0 Å². The summed E-state index contributed by atoms with van der Waals surface area (Å²) >= 11 is 0. The van der Waals surface area contributed by atoms with Crippen LogP contribution in [0.25, 0.3) is 0 Å². The number of anilines is 1. The lowest BCUT2D eigenvalue weighted by atomic mass is 10.1. The van der Waals surface area contributed by atoms with Gasteiger partial charge in [0, 0.05) is 35.8 Å². The van der Waals surface area contributed by atoms with Crippen LogP contribution in [-0.4, -0.2) is 27.4 Å². The Balaban J connectivity index is 1.61. The van der Waals surface area contributed by atoms with E-state index >= 15 is 0 Å². The Morgan fingerprint density at radius 1 is 0.933 bits per heavy atom. The highest BCUT2D eigenvalue weighted by Gasteiger charge is 2.10. The molecule has 2 aromatic carbocycles. The average Bonchev–Trinajstić information content (AvgIpc) is 2.78. The van der Waals surface area contributed by atoms with E-state index in [1.807, 2.05) is 0 Å². The van der Waals surface area contributed by atoms with E-state index < -0.39 is 4.92 Å². The van der Waals surface area contributed by atoms with E-state index in [9.17, 15) is 19.7 Å². The number of carbonyl (C=O) groups excluding carboxylic acids is 2. The van der Waals surface area contributed by atoms with Gasteiger partial charge in [-0.15, -0.1) is 0 Å². The molecule has 0 saturated heterocycles. The van der Waals surface area contributed by atoms with Gasteiger partial charge in [-0.05, 0) is 48.9 Å². The zero-order chi connectivity index (χ0) is 21.5. The third-order valence-electron chi connectivity index (χ3n) is 4.15. The minimum absolute atomic E-state index is 0.0821. The summed E-state index contributed by atoms with van der Waals surface area (Å²) in [4.78, 5) is 38.3. The Bertz CT molecular complexity index is 1090. The topological polar surface area (TPSA) is 127 Å². The first-order valence-electron chi connectivity index (χ1n) is 8.85. The summed E-state index contributed by atoms with van der Waals surface area (Å²) in [6.45, 7) is 1.74. The Kier molecular flexibility index (Phi) is 6.23. The Hall–Kier alpha value is -4.40. The van der Waals surface area contributed by atoms with Crippen LogP contribution in [0.5, 0.6) is 0 Å². The quantitative estimate of drug-likeness (QED) is 0.370. The van der Waals surface area contributed by atoms with Crippen molar-refractivity contribution in [1.29, 1.82) is 0 Å².